The summed E-state index contributed by atoms with van der Waals surface area (Å²) in [6, 6.07) is 48.9. The second-order valence-corrected chi connectivity index (χ2v) is 15.1. The molecule has 0 aliphatic carbocycles. The maximum Gasteiger partial charge on any atom is 0.336 e. The fourth-order valence-corrected chi connectivity index (χ4v) is 6.77. The molecule has 0 aromatic heterocycles. The van der Waals surface area contributed by atoms with Crippen LogP contribution in [0.3, 0.4) is 0 Å². The molecule has 0 saturated carbocycles. The van der Waals surface area contributed by atoms with E-state index in [2.05, 4.69) is 134 Å². The van der Waals surface area contributed by atoms with Crippen molar-refractivity contribution >= 4 is 58.0 Å². The Hall–Kier alpha value is -7.72. The summed E-state index contributed by atoms with van der Waals surface area (Å²) in [5.41, 5.74) is 11.8. The average Bonchev–Trinajstić information content (AvgIpc) is 3.30. The van der Waals surface area contributed by atoms with Crippen LogP contribution in [0, 0.1) is 13.8 Å². The first-order chi connectivity index (χ1) is 30.9. The van der Waals surface area contributed by atoms with E-state index in [9.17, 15) is 19.2 Å². The minimum atomic E-state index is -0.582. The molecule has 0 unspecified atom stereocenters. The monoisotopic (exact) mass is 856 g/mol. The van der Waals surface area contributed by atoms with Crippen LogP contribution in [0.4, 0.5) is 34.1 Å². The maximum absolute atomic E-state index is 12.6. The van der Waals surface area contributed by atoms with Crippen LogP contribution in [0.2, 0.25) is 0 Å². The summed E-state index contributed by atoms with van der Waals surface area (Å²) in [4.78, 5) is 53.1. The van der Waals surface area contributed by atoms with Crippen molar-refractivity contribution in [3.8, 4) is 11.1 Å². The topological polar surface area (TPSA) is 112 Å². The zero-order valence-corrected chi connectivity index (χ0v) is 36.7. The Labute approximate surface area is 375 Å². The van der Waals surface area contributed by atoms with Gasteiger partial charge in [-0.1, -0.05) is 97.1 Å². The van der Waals surface area contributed by atoms with Crippen molar-refractivity contribution in [2.75, 3.05) is 36.2 Å². The van der Waals surface area contributed by atoms with Crippen LogP contribution in [0.15, 0.2) is 170 Å². The van der Waals surface area contributed by atoms with Gasteiger partial charge in [0.2, 0.25) is 0 Å². The number of carbonyl (C=O) groups excluding carboxylic acids is 4. The lowest BCUT2D eigenvalue weighted by Crippen LogP contribution is -2.16. The molecular formula is C54H52N2O8. The van der Waals surface area contributed by atoms with E-state index in [0.29, 0.717) is 0 Å². The summed E-state index contributed by atoms with van der Waals surface area (Å²) in [6.07, 6.45) is 0.0846. The van der Waals surface area contributed by atoms with Crippen molar-refractivity contribution in [3.63, 3.8) is 0 Å². The number of rotatable bonds is 19. The molecule has 6 aromatic carbocycles. The van der Waals surface area contributed by atoms with E-state index in [4.69, 9.17) is 18.9 Å². The highest BCUT2D eigenvalue weighted by molar-refractivity contribution is 5.89. The number of hydrogen-bond acceptors (Lipinski definition) is 10. The molecule has 6 aromatic rings. The molecule has 10 nitrogen and oxygen atoms in total. The molecule has 326 valence electrons. The Morgan fingerprint density at radius 3 is 0.953 bits per heavy atom. The SMILES string of the molecule is C=C(COC(=O)Cc1ccc(N(c2ccc(C)cc2)c2ccc(-c3ccc(N(c4ccc(C)cc4)c4ccc(CC(=O)OCC(=C)C(=O)OCC)cc4)cc3)cc2)cc1)C(=O)OCC. The molecule has 0 heterocycles. The first kappa shape index (κ1) is 45.8. The summed E-state index contributed by atoms with van der Waals surface area (Å²) < 4.78 is 20.4. The quantitative estimate of drug-likeness (QED) is 0.0443. The van der Waals surface area contributed by atoms with Gasteiger partial charge in [0.25, 0.3) is 0 Å². The van der Waals surface area contributed by atoms with Gasteiger partial charge in [-0.25, -0.2) is 9.59 Å². The van der Waals surface area contributed by atoms with Gasteiger partial charge in [-0.2, -0.15) is 0 Å². The minimum absolute atomic E-state index is 0.0423. The zero-order valence-electron chi connectivity index (χ0n) is 36.7. The molecule has 6 rings (SSSR count). The molecule has 0 bridgehead atoms. The van der Waals surface area contributed by atoms with Crippen molar-refractivity contribution in [1.29, 1.82) is 0 Å². The van der Waals surface area contributed by atoms with E-state index in [1.165, 1.54) is 0 Å². The summed E-state index contributed by atoms with van der Waals surface area (Å²) in [6.45, 7) is 14.8. The standard InChI is InChI=1S/C54H52N2O8/c1-7-61-53(59)39(5)35-63-51(57)33-41-13-25-47(26-14-41)55(45-21-9-37(3)10-22-45)49-29-17-43(18-30-49)44-19-31-50(32-20-44)56(46-23-11-38(4)12-24-46)48-27-15-42(16-28-48)34-52(58)64-36-40(6)54(60)62-8-2/h9-32H,5-8,33-36H2,1-4H3. The van der Waals surface area contributed by atoms with Gasteiger partial charge in [0.15, 0.2) is 0 Å². The highest BCUT2D eigenvalue weighted by Crippen LogP contribution is 2.38. The van der Waals surface area contributed by atoms with E-state index < -0.39 is 23.9 Å². The Morgan fingerprint density at radius 1 is 0.406 bits per heavy atom. The van der Waals surface area contributed by atoms with Crippen LogP contribution in [-0.2, 0) is 51.0 Å². The van der Waals surface area contributed by atoms with Crippen LogP contribution in [0.1, 0.15) is 36.1 Å². The molecule has 0 amide bonds. The lowest BCUT2D eigenvalue weighted by atomic mass is 10.0. The lowest BCUT2D eigenvalue weighted by Gasteiger charge is -2.26. The molecule has 10 heteroatoms. The molecule has 0 N–H and O–H groups in total. The normalized spacial score (nSPS) is 10.6. The van der Waals surface area contributed by atoms with Gasteiger partial charge in [0, 0.05) is 34.1 Å². The van der Waals surface area contributed by atoms with Gasteiger partial charge in [0.05, 0.1) is 37.2 Å². The second-order valence-electron chi connectivity index (χ2n) is 15.1. The number of nitrogens with zero attached hydrogens (tertiary/aromatic N) is 2. The Balaban J connectivity index is 1.18. The van der Waals surface area contributed by atoms with Crippen LogP contribution in [0.5, 0.6) is 0 Å². The predicted molar refractivity (Wildman–Crippen MR) is 252 cm³/mol. The summed E-state index contributed by atoms with van der Waals surface area (Å²) >= 11 is 0. The van der Waals surface area contributed by atoms with Crippen molar-refractivity contribution in [3.05, 3.63) is 192 Å². The van der Waals surface area contributed by atoms with E-state index in [0.717, 1.165) is 67.5 Å². The minimum Gasteiger partial charge on any atom is -0.463 e. The zero-order chi connectivity index (χ0) is 45.6. The third-order valence-electron chi connectivity index (χ3n) is 10.2. The molecule has 0 fully saturated rings. The molecule has 0 atom stereocenters. The highest BCUT2D eigenvalue weighted by atomic mass is 16.6. The number of hydrogen-bond donors (Lipinski definition) is 0. The van der Waals surface area contributed by atoms with Crippen molar-refractivity contribution < 1.29 is 38.1 Å². The molecule has 0 aliphatic heterocycles. The number of aryl methyl sites for hydroxylation is 2. The predicted octanol–water partition coefficient (Wildman–Crippen LogP) is 11.3. The Morgan fingerprint density at radius 2 is 0.672 bits per heavy atom. The Bertz CT molecular complexity index is 2380. The van der Waals surface area contributed by atoms with Gasteiger partial charge in [0.1, 0.15) is 13.2 Å². The summed E-state index contributed by atoms with van der Waals surface area (Å²) in [5, 5.41) is 0. The van der Waals surface area contributed by atoms with Gasteiger partial charge in [-0.3, -0.25) is 9.59 Å². The molecule has 0 aliphatic rings. The van der Waals surface area contributed by atoms with Crippen LogP contribution >= 0.6 is 0 Å². The number of benzene rings is 6. The van der Waals surface area contributed by atoms with E-state index >= 15 is 0 Å². The smallest absolute Gasteiger partial charge is 0.336 e. The van der Waals surface area contributed by atoms with Gasteiger partial charge in [-0.05, 0) is 123 Å². The first-order valence-corrected chi connectivity index (χ1v) is 21.1. The van der Waals surface area contributed by atoms with Gasteiger partial charge < -0.3 is 28.7 Å². The second kappa shape index (κ2) is 21.9. The highest BCUT2D eigenvalue weighted by Gasteiger charge is 2.18. The molecule has 0 spiro atoms. The third kappa shape index (κ3) is 12.2. The number of ether oxygens (including phenoxy) is 4. The summed E-state index contributed by atoms with van der Waals surface area (Å²) in [7, 11) is 0. The lowest BCUT2D eigenvalue weighted by molar-refractivity contribution is -0.145. The summed E-state index contributed by atoms with van der Waals surface area (Å²) in [5.74, 6) is -2.10. The molecule has 0 saturated heterocycles. The number of anilines is 6. The van der Waals surface area contributed by atoms with Crippen LogP contribution in [0.25, 0.3) is 11.1 Å². The fourth-order valence-electron chi connectivity index (χ4n) is 6.77. The maximum atomic E-state index is 12.6. The molecule has 64 heavy (non-hydrogen) atoms. The largest absolute Gasteiger partial charge is 0.463 e. The van der Waals surface area contributed by atoms with E-state index in [1.54, 1.807) is 13.8 Å². The first-order valence-electron chi connectivity index (χ1n) is 21.1. The van der Waals surface area contributed by atoms with Crippen LogP contribution < -0.4 is 9.80 Å². The number of esters is 4. The average molecular weight is 857 g/mol. The van der Waals surface area contributed by atoms with Crippen LogP contribution in [-0.4, -0.2) is 50.3 Å². The van der Waals surface area contributed by atoms with Crippen molar-refractivity contribution in [1.82, 2.24) is 0 Å². The molecule has 0 radical (unpaired) electrons. The van der Waals surface area contributed by atoms with E-state index in [-0.39, 0.29) is 50.4 Å². The van der Waals surface area contributed by atoms with Gasteiger partial charge >= 0.3 is 23.9 Å². The Kier molecular flexibility index (Phi) is 15.7. The van der Waals surface area contributed by atoms with Crippen molar-refractivity contribution in [2.24, 2.45) is 0 Å². The van der Waals surface area contributed by atoms with E-state index in [1.807, 2.05) is 48.5 Å². The third-order valence-corrected chi connectivity index (χ3v) is 10.2. The fraction of sp³-hybridized carbons (Fsp3) is 0.185. The number of carbonyl (C=O) groups is 4. The van der Waals surface area contributed by atoms with Crippen molar-refractivity contribution in [2.45, 2.75) is 40.5 Å². The van der Waals surface area contributed by atoms with Gasteiger partial charge in [-0.15, -0.1) is 0 Å². The molecular weight excluding hydrogens is 805 g/mol.